The molecule has 0 radical (unpaired) electrons. The van der Waals surface area contributed by atoms with Crippen molar-refractivity contribution in [3.8, 4) is 0 Å². The van der Waals surface area contributed by atoms with Crippen LogP contribution in [0.1, 0.15) is 11.4 Å². The average Bonchev–Trinajstić information content (AvgIpc) is 2.75. The molecule has 1 N–H and O–H groups in total. The molecule has 3 rings (SSSR count). The molecule has 5 heteroatoms. The zero-order valence-corrected chi connectivity index (χ0v) is 11.3. The maximum absolute atomic E-state index is 13.1. The third kappa shape index (κ3) is 2.51. The Kier molecular flexibility index (Phi) is 3.06. The van der Waals surface area contributed by atoms with Gasteiger partial charge in [0.15, 0.2) is 11.6 Å². The molecule has 0 saturated carbocycles. The van der Waals surface area contributed by atoms with Crippen LogP contribution in [0.5, 0.6) is 0 Å². The molecule has 2 aromatic carbocycles. The Bertz CT molecular complexity index is 752. The molecule has 0 atom stereocenters. The molecular formula is C14H9BrF2N2. The third-order valence-corrected chi connectivity index (χ3v) is 3.34. The van der Waals surface area contributed by atoms with Gasteiger partial charge in [0.25, 0.3) is 0 Å². The molecule has 0 bridgehead atoms. The summed E-state index contributed by atoms with van der Waals surface area (Å²) in [7, 11) is 0. The summed E-state index contributed by atoms with van der Waals surface area (Å²) in [6, 6.07) is 9.61. The highest BCUT2D eigenvalue weighted by molar-refractivity contribution is 9.10. The summed E-state index contributed by atoms with van der Waals surface area (Å²) in [6.45, 7) is 0. The highest BCUT2D eigenvalue weighted by Crippen LogP contribution is 2.19. The maximum atomic E-state index is 13.1. The fourth-order valence-corrected chi connectivity index (χ4v) is 2.32. The summed E-state index contributed by atoms with van der Waals surface area (Å²) < 4.78 is 26.9. The second kappa shape index (κ2) is 4.74. The fourth-order valence-electron chi connectivity index (χ4n) is 1.96. The van der Waals surface area contributed by atoms with E-state index in [1.807, 2.05) is 18.2 Å². The SMILES string of the molecule is Fc1ccc(Cc2nc3ccc(Br)cc3[nH]2)cc1F. The number of aromatic nitrogens is 2. The molecule has 0 saturated heterocycles. The Labute approximate surface area is 116 Å². The van der Waals surface area contributed by atoms with Crippen LogP contribution in [0, 0.1) is 11.6 Å². The van der Waals surface area contributed by atoms with E-state index in [2.05, 4.69) is 25.9 Å². The van der Waals surface area contributed by atoms with Gasteiger partial charge in [-0.2, -0.15) is 0 Å². The summed E-state index contributed by atoms with van der Waals surface area (Å²) in [5, 5.41) is 0. The topological polar surface area (TPSA) is 28.7 Å². The monoisotopic (exact) mass is 322 g/mol. The molecule has 3 aromatic rings. The van der Waals surface area contributed by atoms with E-state index in [0.717, 1.165) is 27.4 Å². The predicted molar refractivity (Wildman–Crippen MR) is 73.0 cm³/mol. The third-order valence-electron chi connectivity index (χ3n) is 2.85. The first-order valence-electron chi connectivity index (χ1n) is 5.70. The van der Waals surface area contributed by atoms with E-state index in [-0.39, 0.29) is 0 Å². The van der Waals surface area contributed by atoms with Crippen molar-refractivity contribution in [2.45, 2.75) is 6.42 Å². The lowest BCUT2D eigenvalue weighted by atomic mass is 10.1. The number of H-pyrrole nitrogens is 1. The molecule has 1 aromatic heterocycles. The van der Waals surface area contributed by atoms with E-state index >= 15 is 0 Å². The summed E-state index contributed by atoms with van der Waals surface area (Å²) in [5.41, 5.74) is 2.43. The number of rotatable bonds is 2. The van der Waals surface area contributed by atoms with Crippen molar-refractivity contribution in [2.24, 2.45) is 0 Å². The van der Waals surface area contributed by atoms with Crippen molar-refractivity contribution in [1.29, 1.82) is 0 Å². The summed E-state index contributed by atoms with van der Waals surface area (Å²) in [4.78, 5) is 7.57. The number of fused-ring (bicyclic) bond motifs is 1. The predicted octanol–water partition coefficient (Wildman–Crippen LogP) is 4.19. The van der Waals surface area contributed by atoms with Crippen LogP contribution < -0.4 is 0 Å². The Morgan fingerprint density at radius 1 is 1.05 bits per heavy atom. The van der Waals surface area contributed by atoms with Crippen LogP contribution >= 0.6 is 15.9 Å². The van der Waals surface area contributed by atoms with Gasteiger partial charge in [-0.3, -0.25) is 0 Å². The molecule has 0 aliphatic carbocycles. The molecule has 2 nitrogen and oxygen atoms in total. The Balaban J connectivity index is 1.94. The van der Waals surface area contributed by atoms with Crippen molar-refractivity contribution in [1.82, 2.24) is 9.97 Å². The highest BCUT2D eigenvalue weighted by Gasteiger charge is 2.07. The van der Waals surface area contributed by atoms with Gasteiger partial charge in [0, 0.05) is 10.9 Å². The zero-order chi connectivity index (χ0) is 13.4. The second-order valence-corrected chi connectivity index (χ2v) is 5.19. The number of halogens is 3. The smallest absolute Gasteiger partial charge is 0.159 e. The van der Waals surface area contributed by atoms with Gasteiger partial charge in [-0.1, -0.05) is 22.0 Å². The molecule has 96 valence electrons. The van der Waals surface area contributed by atoms with Crippen molar-refractivity contribution < 1.29 is 8.78 Å². The van der Waals surface area contributed by atoms with Gasteiger partial charge in [0.2, 0.25) is 0 Å². The van der Waals surface area contributed by atoms with Crippen LogP contribution in [0.2, 0.25) is 0 Å². The molecule has 0 amide bonds. The van der Waals surface area contributed by atoms with Gasteiger partial charge < -0.3 is 4.98 Å². The van der Waals surface area contributed by atoms with E-state index in [9.17, 15) is 8.78 Å². The van der Waals surface area contributed by atoms with Gasteiger partial charge in [0.1, 0.15) is 5.82 Å². The zero-order valence-electron chi connectivity index (χ0n) is 9.75. The molecule has 0 spiro atoms. The van der Waals surface area contributed by atoms with E-state index in [0.29, 0.717) is 12.0 Å². The first-order valence-corrected chi connectivity index (χ1v) is 6.49. The molecule has 0 fully saturated rings. The van der Waals surface area contributed by atoms with Crippen molar-refractivity contribution >= 4 is 27.0 Å². The van der Waals surface area contributed by atoms with Crippen molar-refractivity contribution in [3.63, 3.8) is 0 Å². The Hall–Kier alpha value is -1.75. The Morgan fingerprint density at radius 2 is 1.89 bits per heavy atom. The lowest BCUT2D eigenvalue weighted by Crippen LogP contribution is -1.93. The minimum Gasteiger partial charge on any atom is -0.342 e. The molecule has 19 heavy (non-hydrogen) atoms. The minimum atomic E-state index is -0.837. The average molecular weight is 323 g/mol. The van der Waals surface area contributed by atoms with Gasteiger partial charge in [-0.15, -0.1) is 0 Å². The second-order valence-electron chi connectivity index (χ2n) is 4.27. The lowest BCUT2D eigenvalue weighted by Gasteiger charge is -1.99. The number of hydrogen-bond donors (Lipinski definition) is 1. The largest absolute Gasteiger partial charge is 0.342 e. The molecule has 0 aliphatic rings. The van der Waals surface area contributed by atoms with Crippen LogP contribution in [-0.2, 0) is 6.42 Å². The minimum absolute atomic E-state index is 0.434. The Morgan fingerprint density at radius 3 is 2.68 bits per heavy atom. The van der Waals surface area contributed by atoms with E-state index in [1.165, 1.54) is 6.07 Å². The summed E-state index contributed by atoms with van der Waals surface area (Å²) in [6.07, 6.45) is 0.434. The van der Waals surface area contributed by atoms with Crippen LogP contribution in [-0.4, -0.2) is 9.97 Å². The standard InChI is InChI=1S/C14H9BrF2N2/c15-9-2-4-12-13(7-9)19-14(18-12)6-8-1-3-10(16)11(17)5-8/h1-5,7H,6H2,(H,18,19). The van der Waals surface area contributed by atoms with E-state index in [4.69, 9.17) is 0 Å². The quantitative estimate of drug-likeness (QED) is 0.752. The first kappa shape index (κ1) is 12.3. The van der Waals surface area contributed by atoms with Crippen LogP contribution in [0.15, 0.2) is 40.9 Å². The van der Waals surface area contributed by atoms with Crippen LogP contribution in [0.3, 0.4) is 0 Å². The highest BCUT2D eigenvalue weighted by atomic mass is 79.9. The molecule has 1 heterocycles. The molecule has 0 aliphatic heterocycles. The van der Waals surface area contributed by atoms with Crippen molar-refractivity contribution in [3.05, 3.63) is 63.9 Å². The van der Waals surface area contributed by atoms with Crippen LogP contribution in [0.25, 0.3) is 11.0 Å². The number of hydrogen-bond acceptors (Lipinski definition) is 1. The summed E-state index contributed by atoms with van der Waals surface area (Å²) in [5.74, 6) is -0.951. The van der Waals surface area contributed by atoms with Crippen LogP contribution in [0.4, 0.5) is 8.78 Å². The number of aromatic amines is 1. The maximum Gasteiger partial charge on any atom is 0.159 e. The number of nitrogens with one attached hydrogen (secondary N) is 1. The van der Waals surface area contributed by atoms with Gasteiger partial charge >= 0.3 is 0 Å². The van der Waals surface area contributed by atoms with E-state index in [1.54, 1.807) is 6.07 Å². The number of nitrogens with zero attached hydrogens (tertiary/aromatic N) is 1. The van der Waals surface area contributed by atoms with E-state index < -0.39 is 11.6 Å². The number of benzene rings is 2. The molecule has 0 unspecified atom stereocenters. The van der Waals surface area contributed by atoms with Gasteiger partial charge in [-0.05, 0) is 35.9 Å². The first-order chi connectivity index (χ1) is 9.11. The number of imidazole rings is 1. The van der Waals surface area contributed by atoms with Gasteiger partial charge in [-0.25, -0.2) is 13.8 Å². The fraction of sp³-hybridized carbons (Fsp3) is 0.0714. The summed E-state index contributed by atoms with van der Waals surface area (Å²) >= 11 is 3.39. The molecular weight excluding hydrogens is 314 g/mol. The normalized spacial score (nSPS) is 11.1. The lowest BCUT2D eigenvalue weighted by molar-refractivity contribution is 0.507. The van der Waals surface area contributed by atoms with Crippen molar-refractivity contribution in [2.75, 3.05) is 0 Å². The van der Waals surface area contributed by atoms with Gasteiger partial charge in [0.05, 0.1) is 11.0 Å².